The molecule has 30 heavy (non-hydrogen) atoms. The maximum atomic E-state index is 13.5. The average Bonchev–Trinajstić information content (AvgIpc) is 3.17. The van der Waals surface area contributed by atoms with Crippen molar-refractivity contribution in [3.63, 3.8) is 0 Å². The van der Waals surface area contributed by atoms with Crippen LogP contribution in [0.1, 0.15) is 85.5 Å². The second-order valence-corrected chi connectivity index (χ2v) is 13.4. The SMILES string of the molecule is C[C@H]1CC[C@@]2(OC1)O[C@H]1C[C@H]3[C@@H]4CC(=O)[C@@]56C[C@@H]5CC[C@]6(C)[C@H]4CC[C@]3(C)[C@H]1[C@@H]2C. The predicted molar refractivity (Wildman–Crippen MR) is 115 cm³/mol. The summed E-state index contributed by atoms with van der Waals surface area (Å²) in [6.07, 6.45) is 11.2. The quantitative estimate of drug-likeness (QED) is 0.519. The Labute approximate surface area is 182 Å². The minimum atomic E-state index is -0.322. The van der Waals surface area contributed by atoms with Crippen molar-refractivity contribution < 1.29 is 14.3 Å². The van der Waals surface area contributed by atoms with Gasteiger partial charge in [0.05, 0.1) is 12.7 Å². The summed E-state index contributed by atoms with van der Waals surface area (Å²) in [5.41, 5.74) is 0.730. The van der Waals surface area contributed by atoms with Crippen molar-refractivity contribution in [2.24, 2.45) is 57.7 Å². The molecule has 2 spiro atoms. The Morgan fingerprint density at radius 3 is 2.57 bits per heavy atom. The Morgan fingerprint density at radius 2 is 1.83 bits per heavy atom. The molecule has 3 nitrogen and oxygen atoms in total. The largest absolute Gasteiger partial charge is 0.349 e. The van der Waals surface area contributed by atoms with Gasteiger partial charge in [0.15, 0.2) is 5.79 Å². The standard InChI is InChI=1S/C27H40O3/c1-15-5-10-27(29-14-15)16(2)23-21(30-27)12-20-18-11-22(28)26-13-17(26)6-9-25(26,4)19(18)7-8-24(20,23)3/h15-21,23H,5-14H2,1-4H3/t15-,16-,17-,18+,19-,20-,21-,23-,24-,25+,26+,27+/m0/s1. The molecule has 7 rings (SSSR count). The number of ketones is 1. The lowest BCUT2D eigenvalue weighted by Gasteiger charge is -2.58. The van der Waals surface area contributed by atoms with Crippen molar-refractivity contribution >= 4 is 5.78 Å². The molecule has 0 aromatic carbocycles. The zero-order valence-corrected chi connectivity index (χ0v) is 19.4. The summed E-state index contributed by atoms with van der Waals surface area (Å²) in [6, 6.07) is 0. The van der Waals surface area contributed by atoms with Crippen molar-refractivity contribution in [3.05, 3.63) is 0 Å². The first kappa shape index (κ1) is 19.1. The maximum absolute atomic E-state index is 13.5. The van der Waals surface area contributed by atoms with Crippen molar-refractivity contribution in [2.45, 2.75) is 97.4 Å². The first-order valence-electron chi connectivity index (χ1n) is 13.1. The third-order valence-electron chi connectivity index (χ3n) is 12.6. The van der Waals surface area contributed by atoms with Gasteiger partial charge in [-0.25, -0.2) is 0 Å². The van der Waals surface area contributed by atoms with Gasteiger partial charge in [-0.3, -0.25) is 4.79 Å². The number of fused-ring (bicyclic) bond motifs is 6. The molecule has 12 atom stereocenters. The van der Waals surface area contributed by atoms with Crippen LogP contribution in [0.4, 0.5) is 0 Å². The summed E-state index contributed by atoms with van der Waals surface area (Å²) >= 11 is 0. The number of carbonyl (C=O) groups excluding carboxylic acids is 1. The molecule has 5 saturated carbocycles. The van der Waals surface area contributed by atoms with Crippen LogP contribution in [0, 0.1) is 57.7 Å². The Morgan fingerprint density at radius 1 is 1.00 bits per heavy atom. The highest BCUT2D eigenvalue weighted by molar-refractivity contribution is 5.91. The molecule has 2 aliphatic heterocycles. The lowest BCUT2D eigenvalue weighted by Crippen LogP contribution is -2.56. The lowest BCUT2D eigenvalue weighted by atomic mass is 9.45. The van der Waals surface area contributed by atoms with E-state index in [4.69, 9.17) is 9.47 Å². The molecule has 7 aliphatic rings. The summed E-state index contributed by atoms with van der Waals surface area (Å²) in [7, 11) is 0. The molecular weight excluding hydrogens is 372 g/mol. The van der Waals surface area contributed by atoms with Gasteiger partial charge < -0.3 is 9.47 Å². The van der Waals surface area contributed by atoms with E-state index >= 15 is 0 Å². The molecule has 0 aromatic rings. The highest BCUT2D eigenvalue weighted by atomic mass is 16.7. The fourth-order valence-electron chi connectivity index (χ4n) is 11.0. The number of carbonyl (C=O) groups is 1. The molecule has 5 aliphatic carbocycles. The third-order valence-corrected chi connectivity index (χ3v) is 12.6. The average molecular weight is 413 g/mol. The summed E-state index contributed by atoms with van der Waals surface area (Å²) in [4.78, 5) is 13.5. The van der Waals surface area contributed by atoms with Crippen molar-refractivity contribution in [1.29, 1.82) is 0 Å². The van der Waals surface area contributed by atoms with Crippen LogP contribution in [0.25, 0.3) is 0 Å². The van der Waals surface area contributed by atoms with Crippen LogP contribution in [0.2, 0.25) is 0 Å². The Balaban J connectivity index is 1.21. The summed E-state index contributed by atoms with van der Waals surface area (Å²) < 4.78 is 13.3. The van der Waals surface area contributed by atoms with E-state index in [-0.39, 0.29) is 11.2 Å². The van der Waals surface area contributed by atoms with E-state index in [0.717, 1.165) is 31.3 Å². The van der Waals surface area contributed by atoms with Crippen molar-refractivity contribution in [1.82, 2.24) is 0 Å². The normalized spacial score (nSPS) is 65.7. The summed E-state index contributed by atoms with van der Waals surface area (Å²) in [6.45, 7) is 10.7. The van der Waals surface area contributed by atoms with Gasteiger partial charge in [-0.15, -0.1) is 0 Å². The van der Waals surface area contributed by atoms with Crippen LogP contribution in [-0.4, -0.2) is 24.3 Å². The number of hydrogen-bond donors (Lipinski definition) is 0. The smallest absolute Gasteiger partial charge is 0.171 e. The van der Waals surface area contributed by atoms with Gasteiger partial charge in [-0.05, 0) is 91.3 Å². The summed E-state index contributed by atoms with van der Waals surface area (Å²) in [5.74, 6) is 4.86. The third kappa shape index (κ3) is 1.93. The molecule has 2 saturated heterocycles. The van der Waals surface area contributed by atoms with Crippen LogP contribution in [-0.2, 0) is 14.3 Å². The zero-order valence-electron chi connectivity index (χ0n) is 19.4. The molecule has 2 heterocycles. The molecule has 0 aromatic heterocycles. The Hall–Kier alpha value is -0.410. The summed E-state index contributed by atoms with van der Waals surface area (Å²) in [5, 5.41) is 0. The molecule has 0 radical (unpaired) electrons. The molecule has 0 amide bonds. The van der Waals surface area contributed by atoms with Gasteiger partial charge in [-0.1, -0.05) is 27.7 Å². The highest BCUT2D eigenvalue weighted by Crippen LogP contribution is 2.81. The number of hydrogen-bond acceptors (Lipinski definition) is 3. The molecule has 0 unspecified atom stereocenters. The van der Waals surface area contributed by atoms with E-state index in [2.05, 4.69) is 27.7 Å². The van der Waals surface area contributed by atoms with Crippen LogP contribution in [0.3, 0.4) is 0 Å². The van der Waals surface area contributed by atoms with Crippen LogP contribution < -0.4 is 0 Å². The minimum Gasteiger partial charge on any atom is -0.349 e. The molecule has 7 fully saturated rings. The van der Waals surface area contributed by atoms with Gasteiger partial charge in [0, 0.05) is 24.2 Å². The second-order valence-electron chi connectivity index (χ2n) is 13.4. The fourth-order valence-corrected chi connectivity index (χ4v) is 11.0. The molecule has 3 heteroatoms. The molecule has 166 valence electrons. The van der Waals surface area contributed by atoms with Gasteiger partial charge >= 0.3 is 0 Å². The number of ether oxygens (including phenoxy) is 2. The lowest BCUT2D eigenvalue weighted by molar-refractivity contribution is -0.272. The van der Waals surface area contributed by atoms with Gasteiger partial charge in [0.2, 0.25) is 0 Å². The van der Waals surface area contributed by atoms with Crippen molar-refractivity contribution in [2.75, 3.05) is 6.61 Å². The van der Waals surface area contributed by atoms with Crippen molar-refractivity contribution in [3.8, 4) is 0 Å². The fraction of sp³-hybridized carbons (Fsp3) is 0.963. The van der Waals surface area contributed by atoms with Gasteiger partial charge in [0.1, 0.15) is 5.78 Å². The van der Waals surface area contributed by atoms with Gasteiger partial charge in [0.25, 0.3) is 0 Å². The first-order chi connectivity index (χ1) is 14.3. The monoisotopic (exact) mass is 412 g/mol. The Kier molecular flexibility index (Phi) is 3.54. The zero-order chi connectivity index (χ0) is 20.7. The van der Waals surface area contributed by atoms with E-state index in [1.54, 1.807) is 0 Å². The first-order valence-corrected chi connectivity index (χ1v) is 13.1. The minimum absolute atomic E-state index is 0.108. The van der Waals surface area contributed by atoms with E-state index in [0.29, 0.717) is 52.3 Å². The number of rotatable bonds is 0. The molecular formula is C27H40O3. The van der Waals surface area contributed by atoms with E-state index in [1.807, 2.05) is 0 Å². The predicted octanol–water partition coefficient (Wildman–Crippen LogP) is 5.61. The maximum Gasteiger partial charge on any atom is 0.171 e. The van der Waals surface area contributed by atoms with E-state index < -0.39 is 0 Å². The van der Waals surface area contributed by atoms with Crippen LogP contribution in [0.15, 0.2) is 0 Å². The topological polar surface area (TPSA) is 35.5 Å². The van der Waals surface area contributed by atoms with E-state index in [1.165, 1.54) is 44.9 Å². The Bertz CT molecular complexity index is 798. The molecule has 0 N–H and O–H groups in total. The van der Waals surface area contributed by atoms with Crippen LogP contribution in [0.5, 0.6) is 0 Å². The highest BCUT2D eigenvalue weighted by Gasteiger charge is 2.78. The second kappa shape index (κ2) is 5.56. The van der Waals surface area contributed by atoms with Crippen LogP contribution >= 0.6 is 0 Å². The van der Waals surface area contributed by atoms with E-state index in [9.17, 15) is 4.79 Å². The molecule has 0 bridgehead atoms. The number of Topliss-reactive ketones (excluding diaryl/α,β-unsaturated/α-hetero) is 1. The van der Waals surface area contributed by atoms with Gasteiger partial charge in [-0.2, -0.15) is 0 Å².